The summed E-state index contributed by atoms with van der Waals surface area (Å²) in [5, 5.41) is 17.7. The van der Waals surface area contributed by atoms with Crippen molar-refractivity contribution in [2.24, 2.45) is 0 Å². The van der Waals surface area contributed by atoms with E-state index in [0.29, 0.717) is 9.84 Å². The third-order valence-electron chi connectivity index (χ3n) is 3.49. The van der Waals surface area contributed by atoms with E-state index in [4.69, 9.17) is 4.74 Å². The zero-order valence-corrected chi connectivity index (χ0v) is 13.3. The minimum Gasteiger partial charge on any atom is -0.497 e. The van der Waals surface area contributed by atoms with Gasteiger partial charge in [-0.25, -0.2) is 0 Å². The van der Waals surface area contributed by atoms with Crippen LogP contribution in [-0.4, -0.2) is 40.8 Å². The molecule has 0 radical (unpaired) electrons. The van der Waals surface area contributed by atoms with Crippen LogP contribution in [0.4, 0.5) is 0 Å². The van der Waals surface area contributed by atoms with Gasteiger partial charge in [-0.3, -0.25) is 4.79 Å². The highest BCUT2D eigenvalue weighted by molar-refractivity contribution is 7.89. The normalized spacial score (nSPS) is 16.3. The maximum absolute atomic E-state index is 12.5. The van der Waals surface area contributed by atoms with Crippen LogP contribution in [0.3, 0.4) is 0 Å². The maximum atomic E-state index is 12.5. The quantitative estimate of drug-likeness (QED) is 0.852. The van der Waals surface area contributed by atoms with Gasteiger partial charge in [-0.15, -0.1) is 9.19 Å². The van der Waals surface area contributed by atoms with Gasteiger partial charge in [-0.1, -0.05) is 5.21 Å². The molecule has 0 fully saturated rings. The summed E-state index contributed by atoms with van der Waals surface area (Å²) in [7, 11) is -2.48. The number of nitrogens with zero attached hydrogens (tertiary/aromatic N) is 3. The fourth-order valence-electron chi connectivity index (χ4n) is 2.11. The summed E-state index contributed by atoms with van der Waals surface area (Å²) in [5.41, 5.74) is -1.69. The Bertz CT molecular complexity index is 926. The molecule has 1 aliphatic carbocycles. The van der Waals surface area contributed by atoms with Crippen molar-refractivity contribution >= 4 is 15.8 Å². The Hall–Kier alpha value is -2.78. The van der Waals surface area contributed by atoms with Crippen molar-refractivity contribution in [3.05, 3.63) is 60.5 Å². The van der Waals surface area contributed by atoms with E-state index in [1.807, 2.05) is 0 Å². The second-order valence-corrected chi connectivity index (χ2v) is 6.85. The van der Waals surface area contributed by atoms with Crippen LogP contribution < -0.4 is 4.74 Å². The van der Waals surface area contributed by atoms with Crippen LogP contribution in [0, 0.1) is 0 Å². The van der Waals surface area contributed by atoms with E-state index in [1.54, 1.807) is 0 Å². The van der Waals surface area contributed by atoms with Crippen LogP contribution in [0.25, 0.3) is 0 Å². The lowest BCUT2D eigenvalue weighted by atomic mass is 9.95. The van der Waals surface area contributed by atoms with Gasteiger partial charge in [0, 0.05) is 0 Å². The topological polar surface area (TPSA) is 111 Å². The van der Waals surface area contributed by atoms with Crippen molar-refractivity contribution in [1.29, 1.82) is 0 Å². The van der Waals surface area contributed by atoms with Crippen molar-refractivity contribution in [3.63, 3.8) is 0 Å². The number of aromatic nitrogens is 3. The van der Waals surface area contributed by atoms with Gasteiger partial charge in [0.25, 0.3) is 10.0 Å². The summed E-state index contributed by atoms with van der Waals surface area (Å²) in [6.45, 7) is 0. The summed E-state index contributed by atoms with van der Waals surface area (Å²) in [5.74, 6) is 0.239. The molecule has 1 aliphatic rings. The SMILES string of the molecule is COc1ccc(S(=O)(=O)n2cc(C3(O)C=CC(=O)C=C3)nn2)cc1. The van der Waals surface area contributed by atoms with Gasteiger partial charge >= 0.3 is 0 Å². The maximum Gasteiger partial charge on any atom is 0.284 e. The third-order valence-corrected chi connectivity index (χ3v) is 5.03. The van der Waals surface area contributed by atoms with Crippen molar-refractivity contribution in [2.75, 3.05) is 7.11 Å². The van der Waals surface area contributed by atoms with E-state index < -0.39 is 15.6 Å². The molecule has 0 bridgehead atoms. The number of ketones is 1. The van der Waals surface area contributed by atoms with Crippen molar-refractivity contribution in [2.45, 2.75) is 10.5 Å². The van der Waals surface area contributed by atoms with Gasteiger partial charge in [0.2, 0.25) is 0 Å². The molecule has 9 heteroatoms. The number of hydrogen-bond acceptors (Lipinski definition) is 7. The van der Waals surface area contributed by atoms with E-state index in [1.165, 1.54) is 55.7 Å². The molecule has 0 unspecified atom stereocenters. The second-order valence-electron chi connectivity index (χ2n) is 5.05. The lowest BCUT2D eigenvalue weighted by molar-refractivity contribution is -0.110. The van der Waals surface area contributed by atoms with Gasteiger partial charge < -0.3 is 9.84 Å². The first-order valence-corrected chi connectivity index (χ1v) is 8.26. The van der Waals surface area contributed by atoms with E-state index >= 15 is 0 Å². The Labute approximate surface area is 137 Å². The number of benzene rings is 1. The van der Waals surface area contributed by atoms with E-state index in [-0.39, 0.29) is 16.4 Å². The summed E-state index contributed by atoms with van der Waals surface area (Å²) in [4.78, 5) is 11.1. The Morgan fingerprint density at radius 3 is 2.38 bits per heavy atom. The molecule has 124 valence electrons. The Morgan fingerprint density at radius 2 is 1.79 bits per heavy atom. The molecule has 3 rings (SSSR count). The molecule has 0 amide bonds. The highest BCUT2D eigenvalue weighted by atomic mass is 32.2. The van der Waals surface area contributed by atoms with Crippen LogP contribution in [0.1, 0.15) is 5.69 Å². The largest absolute Gasteiger partial charge is 0.497 e. The molecule has 1 aromatic heterocycles. The molecule has 0 atom stereocenters. The summed E-state index contributed by atoms with van der Waals surface area (Å²) in [6.07, 6.45) is 5.91. The molecule has 1 heterocycles. The van der Waals surface area contributed by atoms with E-state index in [0.717, 1.165) is 6.20 Å². The van der Waals surface area contributed by atoms with Gasteiger partial charge in [0.05, 0.1) is 18.2 Å². The molecular formula is C15H13N3O5S. The average molecular weight is 347 g/mol. The summed E-state index contributed by atoms with van der Waals surface area (Å²) >= 11 is 0. The Balaban J connectivity index is 1.96. The first-order valence-electron chi connectivity index (χ1n) is 6.82. The van der Waals surface area contributed by atoms with Crippen molar-refractivity contribution < 1.29 is 23.1 Å². The zero-order chi connectivity index (χ0) is 17.4. The molecule has 8 nitrogen and oxygen atoms in total. The first kappa shape index (κ1) is 16.1. The molecule has 1 aromatic carbocycles. The molecular weight excluding hydrogens is 334 g/mol. The van der Waals surface area contributed by atoms with Gasteiger partial charge in [-0.2, -0.15) is 8.42 Å². The lowest BCUT2D eigenvalue weighted by Gasteiger charge is -2.18. The summed E-state index contributed by atoms with van der Waals surface area (Å²) in [6, 6.07) is 5.78. The number of carbonyl (C=O) groups is 1. The predicted octanol–water partition coefficient (Wildman–Crippen LogP) is 0.406. The molecule has 2 aromatic rings. The number of rotatable bonds is 4. The predicted molar refractivity (Wildman–Crippen MR) is 82.8 cm³/mol. The number of hydrogen-bond donors (Lipinski definition) is 1. The molecule has 1 N–H and O–H groups in total. The Kier molecular flexibility index (Phi) is 3.82. The van der Waals surface area contributed by atoms with Gasteiger partial charge in [0.1, 0.15) is 17.0 Å². The van der Waals surface area contributed by atoms with Crippen molar-refractivity contribution in [3.8, 4) is 5.75 Å². The fraction of sp³-hybridized carbons (Fsp3) is 0.133. The molecule has 0 spiro atoms. The number of methoxy groups -OCH3 is 1. The van der Waals surface area contributed by atoms with Crippen molar-refractivity contribution in [1.82, 2.24) is 14.4 Å². The van der Waals surface area contributed by atoms with Gasteiger partial charge in [0.15, 0.2) is 5.78 Å². The van der Waals surface area contributed by atoms with Crippen LogP contribution in [-0.2, 0) is 20.4 Å². The second kappa shape index (κ2) is 5.69. The fourth-order valence-corrected chi connectivity index (χ4v) is 3.17. The minimum absolute atomic E-state index is 0.00311. The van der Waals surface area contributed by atoms with Crippen LogP contribution in [0.15, 0.2) is 59.7 Å². The first-order chi connectivity index (χ1) is 11.3. The zero-order valence-electron chi connectivity index (χ0n) is 12.5. The number of carbonyl (C=O) groups excluding carboxylic acids is 1. The minimum atomic E-state index is -3.96. The number of ether oxygens (including phenoxy) is 1. The molecule has 0 saturated carbocycles. The van der Waals surface area contributed by atoms with E-state index in [9.17, 15) is 18.3 Å². The third kappa shape index (κ3) is 2.74. The van der Waals surface area contributed by atoms with Crippen LogP contribution in [0.2, 0.25) is 0 Å². The van der Waals surface area contributed by atoms with Crippen LogP contribution >= 0.6 is 0 Å². The number of aliphatic hydroxyl groups is 1. The standard InChI is InChI=1S/C15H13N3O5S/c1-23-12-2-4-13(5-3-12)24(21,22)18-10-14(16-17-18)15(20)8-6-11(19)7-9-15/h2-10,20H,1H3. The number of allylic oxidation sites excluding steroid dienone is 2. The van der Waals surface area contributed by atoms with Crippen LogP contribution in [0.5, 0.6) is 5.75 Å². The average Bonchev–Trinajstić information content (AvgIpc) is 3.09. The van der Waals surface area contributed by atoms with Gasteiger partial charge in [-0.05, 0) is 48.6 Å². The van der Waals surface area contributed by atoms with E-state index in [2.05, 4.69) is 10.3 Å². The monoisotopic (exact) mass is 347 g/mol. The summed E-state index contributed by atoms with van der Waals surface area (Å²) < 4.78 is 30.7. The highest BCUT2D eigenvalue weighted by Crippen LogP contribution is 2.26. The Morgan fingerprint density at radius 1 is 1.17 bits per heavy atom. The molecule has 0 saturated heterocycles. The molecule has 0 aliphatic heterocycles. The highest BCUT2D eigenvalue weighted by Gasteiger charge is 2.31. The molecule has 24 heavy (non-hydrogen) atoms. The smallest absolute Gasteiger partial charge is 0.284 e. The lowest BCUT2D eigenvalue weighted by Crippen LogP contribution is -2.23.